The smallest absolute Gasteiger partial charge is 0.337 e. The molecular formula is C91H99N7O23. The van der Waals surface area contributed by atoms with E-state index in [1.54, 1.807) is 128 Å². The summed E-state index contributed by atoms with van der Waals surface area (Å²) in [4.78, 5) is 110. The standard InChI is InChI=1S/C28H30N2O8.C28H32N2O6.C27H29N3O7.C8H8O2/c1-17(2)37-24-15-20(28(32)35-5)11-13-22(24)29-27(31)21-12-14-23(30(33)34)26(38-18(3)4)25(21)36-16-19-9-7-6-8-10-19;1-17(2)35-24-15-20(28(32)33-5)11-14-23(24)30-27(31)21-12-13-22(29)26(36-18(3)4)25(21)34-16-19-9-7-6-8-10-19;1-14(2)36-22-13-17(27(34)35)7-11-20(22)29-26(33)19-10-12-21(24(23(19)31)37-15(3)4)30-25(32)16-5-8-18(28)9-6-16;1-6-2-4-7(5-3-6)8(9)10/h6-15,17-18H,16H2,1-5H3,(H,29,31);6-15,17-18H,16,29H2,1-5H3,(H,30,31);5-15,31H,28H2,1-4H3,(H,29,33)(H,30,32)(H,34,35);2-5H,1H3,(H,9,10). The van der Waals surface area contributed by atoms with E-state index in [-0.39, 0.29) is 129 Å². The van der Waals surface area contributed by atoms with Crippen LogP contribution in [0.4, 0.5) is 39.8 Å². The number of carboxylic acids is 2. The van der Waals surface area contributed by atoms with E-state index in [9.17, 15) is 58.7 Å². The summed E-state index contributed by atoms with van der Waals surface area (Å²) in [6.45, 7) is 23.7. The number of nitro groups is 1. The number of aromatic hydroxyl groups is 1. The van der Waals surface area contributed by atoms with Crippen molar-refractivity contribution in [1.82, 2.24) is 0 Å². The summed E-state index contributed by atoms with van der Waals surface area (Å²) in [7, 11) is 2.57. The van der Waals surface area contributed by atoms with Gasteiger partial charge in [-0.3, -0.25) is 29.3 Å². The first-order valence-electron chi connectivity index (χ1n) is 38.1. The van der Waals surface area contributed by atoms with Crippen LogP contribution in [-0.4, -0.2) is 119 Å². The number of methoxy groups -OCH3 is 2. The van der Waals surface area contributed by atoms with Gasteiger partial charge in [0.15, 0.2) is 28.7 Å². The van der Waals surface area contributed by atoms with Crippen molar-refractivity contribution in [3.8, 4) is 51.7 Å². The zero-order valence-electron chi connectivity index (χ0n) is 69.5. The number of carboxylic acid groups (broad SMARTS) is 2. The third kappa shape index (κ3) is 27.7. The summed E-state index contributed by atoms with van der Waals surface area (Å²) in [5.41, 5.74) is 17.6. The quantitative estimate of drug-likeness (QED) is 0.00843. The third-order valence-electron chi connectivity index (χ3n) is 16.4. The molecule has 0 aliphatic carbocycles. The highest BCUT2D eigenvalue weighted by Crippen LogP contribution is 2.44. The highest BCUT2D eigenvalue weighted by atomic mass is 16.6. The van der Waals surface area contributed by atoms with Gasteiger partial charge in [-0.15, -0.1) is 0 Å². The second-order valence-electron chi connectivity index (χ2n) is 28.3. The zero-order valence-corrected chi connectivity index (χ0v) is 69.5. The van der Waals surface area contributed by atoms with Crippen LogP contribution in [0.2, 0.25) is 0 Å². The molecule has 0 atom stereocenters. The van der Waals surface area contributed by atoms with Crippen molar-refractivity contribution in [2.45, 2.75) is 140 Å². The Morgan fingerprint density at radius 2 is 0.727 bits per heavy atom. The lowest BCUT2D eigenvalue weighted by atomic mass is 10.1. The summed E-state index contributed by atoms with van der Waals surface area (Å²) >= 11 is 0. The Kier molecular flexibility index (Phi) is 34.3. The molecule has 0 fully saturated rings. The van der Waals surface area contributed by atoms with Gasteiger partial charge in [0.2, 0.25) is 5.75 Å². The summed E-state index contributed by atoms with van der Waals surface area (Å²) in [6, 6.07) is 53.5. The Morgan fingerprint density at radius 1 is 0.380 bits per heavy atom. The van der Waals surface area contributed by atoms with Crippen LogP contribution in [0.3, 0.4) is 0 Å². The molecule has 0 radical (unpaired) electrons. The van der Waals surface area contributed by atoms with Crippen LogP contribution in [0.5, 0.6) is 51.7 Å². The van der Waals surface area contributed by atoms with Crippen LogP contribution in [0, 0.1) is 17.0 Å². The SMILES string of the molecule is CC(C)Oc1cc(C(=O)O)ccc1NC(=O)c1ccc(NC(=O)c2ccc(N)cc2)c(OC(C)C)c1O.COC(=O)c1ccc(NC(=O)c2ccc(N)c(OC(C)C)c2OCc2ccccc2)c(OC(C)C)c1.COC(=O)c1ccc(NC(=O)c2ccc([N+](=O)[O-])c(OC(C)C)c2OCc2ccccc2)c(OC(C)C)c1.Cc1ccc(C(=O)O)cc1. The molecule has 10 aromatic rings. The van der Waals surface area contributed by atoms with Crippen molar-refractivity contribution in [1.29, 1.82) is 0 Å². The van der Waals surface area contributed by atoms with Crippen LogP contribution in [0.15, 0.2) is 200 Å². The summed E-state index contributed by atoms with van der Waals surface area (Å²) in [5, 5.41) is 51.4. The number of nitrogens with two attached hydrogens (primary N) is 2. The topological polar surface area (TPSA) is 433 Å². The van der Waals surface area contributed by atoms with Crippen molar-refractivity contribution in [2.75, 3.05) is 47.0 Å². The van der Waals surface area contributed by atoms with Crippen molar-refractivity contribution in [3.05, 3.63) is 272 Å². The van der Waals surface area contributed by atoms with E-state index < -0.39 is 64.3 Å². The van der Waals surface area contributed by atoms with Crippen LogP contribution in [0.25, 0.3) is 0 Å². The first-order chi connectivity index (χ1) is 57.4. The molecular weight excluding hydrogens is 1560 g/mol. The molecule has 11 N–H and O–H groups in total. The van der Waals surface area contributed by atoms with Gasteiger partial charge in [-0.2, -0.15) is 0 Å². The van der Waals surface area contributed by atoms with Crippen LogP contribution < -0.4 is 70.6 Å². The number of amides is 4. The molecule has 0 spiro atoms. The van der Waals surface area contributed by atoms with Gasteiger partial charge in [0.25, 0.3) is 23.6 Å². The molecule has 4 amide bonds. The Hall–Kier alpha value is -14.8. The summed E-state index contributed by atoms with van der Waals surface area (Å²) in [5.74, 6) is -4.78. The van der Waals surface area contributed by atoms with Crippen LogP contribution in [-0.2, 0) is 22.7 Å². The molecule has 636 valence electrons. The van der Waals surface area contributed by atoms with Gasteiger partial charge in [0.1, 0.15) is 30.5 Å². The number of hydrogen-bond acceptors (Lipinski definition) is 23. The minimum atomic E-state index is -1.14. The third-order valence-corrected chi connectivity index (χ3v) is 16.4. The fraction of sp³-hybridized carbons (Fsp3) is 0.253. The number of carbonyl (C=O) groups excluding carboxylic acids is 6. The maximum atomic E-state index is 13.5. The molecule has 0 aromatic heterocycles. The zero-order chi connectivity index (χ0) is 88.9. The molecule has 0 unspecified atom stereocenters. The van der Waals surface area contributed by atoms with Gasteiger partial charge in [0, 0.05) is 17.3 Å². The molecule has 0 heterocycles. The summed E-state index contributed by atoms with van der Waals surface area (Å²) < 4.78 is 56.4. The van der Waals surface area contributed by atoms with E-state index in [4.69, 9.17) is 63.9 Å². The highest BCUT2D eigenvalue weighted by Gasteiger charge is 2.31. The van der Waals surface area contributed by atoms with E-state index in [1.165, 1.54) is 80.9 Å². The van der Waals surface area contributed by atoms with Gasteiger partial charge in [0.05, 0.1) is 123 Å². The number of esters is 2. The van der Waals surface area contributed by atoms with Crippen LogP contribution in [0.1, 0.15) is 183 Å². The lowest BCUT2D eigenvalue weighted by Crippen LogP contribution is -2.18. The average molecular weight is 1660 g/mol. The number of rotatable bonds is 31. The van der Waals surface area contributed by atoms with E-state index in [0.717, 1.165) is 16.7 Å². The Balaban J connectivity index is 0.000000235. The molecule has 0 saturated heterocycles. The van der Waals surface area contributed by atoms with Gasteiger partial charge in [-0.1, -0.05) is 78.4 Å². The van der Waals surface area contributed by atoms with E-state index >= 15 is 0 Å². The molecule has 0 bridgehead atoms. The number of hydrogen-bond donors (Lipinski definition) is 9. The molecule has 121 heavy (non-hydrogen) atoms. The van der Waals surface area contributed by atoms with Gasteiger partial charge in [-0.25, -0.2) is 19.2 Å². The number of anilines is 6. The minimum Gasteiger partial charge on any atom is -0.504 e. The van der Waals surface area contributed by atoms with Gasteiger partial charge < -0.3 is 95.4 Å². The average Bonchev–Trinajstić information content (AvgIpc) is 0.796. The number of nitrogens with one attached hydrogen (secondary N) is 4. The molecule has 10 aromatic carbocycles. The fourth-order valence-electron chi connectivity index (χ4n) is 10.9. The number of phenolic OH excluding ortho intramolecular Hbond substituents is 1. The maximum absolute atomic E-state index is 13.5. The lowest BCUT2D eigenvalue weighted by molar-refractivity contribution is -0.386. The van der Waals surface area contributed by atoms with Crippen molar-refractivity contribution in [2.24, 2.45) is 0 Å². The second-order valence-corrected chi connectivity index (χ2v) is 28.3. The lowest BCUT2D eigenvalue weighted by Gasteiger charge is -2.20. The summed E-state index contributed by atoms with van der Waals surface area (Å²) in [6.07, 6.45) is -1.74. The number of carbonyl (C=O) groups is 8. The minimum absolute atomic E-state index is 0.00897. The van der Waals surface area contributed by atoms with Crippen LogP contribution >= 0.6 is 0 Å². The van der Waals surface area contributed by atoms with E-state index in [2.05, 4.69) is 21.3 Å². The molecule has 0 saturated carbocycles. The Morgan fingerprint density at radius 3 is 1.14 bits per heavy atom. The van der Waals surface area contributed by atoms with Crippen molar-refractivity contribution < 1.29 is 106 Å². The monoisotopic (exact) mass is 1660 g/mol. The second kappa shape index (κ2) is 44.5. The number of benzene rings is 10. The Bertz CT molecular complexity index is 5290. The van der Waals surface area contributed by atoms with Crippen molar-refractivity contribution in [3.63, 3.8) is 0 Å². The number of nitrogen functional groups attached to an aromatic ring is 2. The number of nitrogens with zero attached hydrogens (tertiary/aromatic N) is 1. The Labute approximate surface area is 700 Å². The van der Waals surface area contributed by atoms with E-state index in [0.29, 0.717) is 45.3 Å². The molecule has 0 aliphatic heterocycles. The molecule has 10 rings (SSSR count). The largest absolute Gasteiger partial charge is 0.504 e. The highest BCUT2D eigenvalue weighted by molar-refractivity contribution is 6.11. The molecule has 0 aliphatic rings. The number of nitro benzene ring substituents is 1. The molecule has 30 heteroatoms. The number of aromatic carboxylic acids is 2. The molecule has 30 nitrogen and oxygen atoms in total. The predicted molar refractivity (Wildman–Crippen MR) is 458 cm³/mol. The van der Waals surface area contributed by atoms with E-state index in [1.807, 2.05) is 95.3 Å². The number of phenols is 1. The first-order valence-corrected chi connectivity index (χ1v) is 38.1. The van der Waals surface area contributed by atoms with Gasteiger partial charge >= 0.3 is 29.6 Å². The first kappa shape index (κ1) is 93.3. The predicted octanol–water partition coefficient (Wildman–Crippen LogP) is 17.7. The number of aryl methyl sites for hydroxylation is 1. The van der Waals surface area contributed by atoms with Gasteiger partial charge in [-0.05, 0) is 222 Å². The maximum Gasteiger partial charge on any atom is 0.337 e. The van der Waals surface area contributed by atoms with Crippen molar-refractivity contribution >= 4 is 87.3 Å². The fourth-order valence-corrected chi connectivity index (χ4v) is 10.9. The normalized spacial score (nSPS) is 10.6. The number of ether oxygens (including phenoxy) is 10.